The molecular weight excluding hydrogens is 206 g/mol. The van der Waals surface area contributed by atoms with E-state index in [1.807, 2.05) is 18.2 Å². The first-order valence-corrected chi connectivity index (χ1v) is 5.36. The number of nitrogens with one attached hydrogen (secondary N) is 1. The quantitative estimate of drug-likeness (QED) is 0.791. The maximum Gasteiger partial charge on any atom is 0.508 e. The zero-order valence-electron chi connectivity index (χ0n) is 9.18. The molecule has 2 rings (SSSR count). The van der Waals surface area contributed by atoms with Crippen molar-refractivity contribution >= 4 is 6.16 Å². The smallest absolute Gasteiger partial charge is 0.432 e. The molecule has 1 aromatic rings. The Kier molecular flexibility index (Phi) is 3.41. The highest BCUT2D eigenvalue weighted by atomic mass is 16.7. The van der Waals surface area contributed by atoms with Crippen LogP contribution in [0.3, 0.4) is 0 Å². The van der Waals surface area contributed by atoms with E-state index in [0.29, 0.717) is 13.2 Å². The van der Waals surface area contributed by atoms with Crippen LogP contribution in [0, 0.1) is 0 Å². The number of cyclic esters (lactones) is 2. The van der Waals surface area contributed by atoms with E-state index in [9.17, 15) is 4.79 Å². The molecule has 0 spiro atoms. The molecule has 4 heteroatoms. The van der Waals surface area contributed by atoms with Gasteiger partial charge in [-0.2, -0.15) is 0 Å². The summed E-state index contributed by atoms with van der Waals surface area (Å²) < 4.78 is 9.61. The summed E-state index contributed by atoms with van der Waals surface area (Å²) in [6.07, 6.45) is -0.578. The van der Waals surface area contributed by atoms with Crippen LogP contribution in [0.1, 0.15) is 18.5 Å². The summed E-state index contributed by atoms with van der Waals surface area (Å²) in [5.74, 6) is 0. The summed E-state index contributed by atoms with van der Waals surface area (Å²) in [7, 11) is 0. The SMILES string of the molecule is C[C@@H](NC1COC(=O)OC1)c1ccccc1. The molecule has 0 amide bonds. The van der Waals surface area contributed by atoms with Crippen molar-refractivity contribution in [2.24, 2.45) is 0 Å². The highest BCUT2D eigenvalue weighted by Crippen LogP contribution is 2.13. The largest absolute Gasteiger partial charge is 0.508 e. The third-order valence-electron chi connectivity index (χ3n) is 2.59. The Morgan fingerprint density at radius 1 is 1.25 bits per heavy atom. The first-order chi connectivity index (χ1) is 7.75. The van der Waals surface area contributed by atoms with Crippen molar-refractivity contribution in [3.8, 4) is 0 Å². The van der Waals surface area contributed by atoms with Crippen LogP contribution in [0.5, 0.6) is 0 Å². The van der Waals surface area contributed by atoms with Gasteiger partial charge in [0.1, 0.15) is 13.2 Å². The first-order valence-electron chi connectivity index (χ1n) is 5.36. The Bertz CT molecular complexity index is 343. The van der Waals surface area contributed by atoms with E-state index in [4.69, 9.17) is 9.47 Å². The van der Waals surface area contributed by atoms with Crippen molar-refractivity contribution in [3.63, 3.8) is 0 Å². The molecule has 1 fully saturated rings. The number of ether oxygens (including phenoxy) is 2. The van der Waals surface area contributed by atoms with Crippen LogP contribution < -0.4 is 5.32 Å². The van der Waals surface area contributed by atoms with E-state index in [1.165, 1.54) is 5.56 Å². The van der Waals surface area contributed by atoms with Gasteiger partial charge in [-0.05, 0) is 12.5 Å². The Hall–Kier alpha value is -1.55. The molecule has 0 bridgehead atoms. The van der Waals surface area contributed by atoms with Gasteiger partial charge in [-0.15, -0.1) is 0 Å². The van der Waals surface area contributed by atoms with E-state index in [0.717, 1.165) is 0 Å². The fraction of sp³-hybridized carbons (Fsp3) is 0.417. The lowest BCUT2D eigenvalue weighted by Crippen LogP contribution is -2.43. The molecule has 4 nitrogen and oxygen atoms in total. The van der Waals surface area contributed by atoms with Crippen LogP contribution in [0.15, 0.2) is 30.3 Å². The van der Waals surface area contributed by atoms with E-state index < -0.39 is 6.16 Å². The van der Waals surface area contributed by atoms with Crippen molar-refractivity contribution < 1.29 is 14.3 Å². The molecule has 1 aliphatic heterocycles. The lowest BCUT2D eigenvalue weighted by Gasteiger charge is -2.26. The third kappa shape index (κ3) is 2.73. The van der Waals surface area contributed by atoms with Crippen LogP contribution in [0.2, 0.25) is 0 Å². The molecule has 0 radical (unpaired) electrons. The fourth-order valence-corrected chi connectivity index (χ4v) is 1.71. The van der Waals surface area contributed by atoms with Crippen molar-refractivity contribution in [1.82, 2.24) is 5.32 Å². The van der Waals surface area contributed by atoms with Crippen LogP contribution in [0.25, 0.3) is 0 Å². The first kappa shape index (κ1) is 11.0. The molecule has 16 heavy (non-hydrogen) atoms. The maximum atomic E-state index is 10.7. The molecule has 1 aromatic carbocycles. The van der Waals surface area contributed by atoms with Gasteiger partial charge in [-0.25, -0.2) is 4.79 Å². The zero-order valence-corrected chi connectivity index (χ0v) is 9.18. The second-order valence-corrected chi connectivity index (χ2v) is 3.87. The van der Waals surface area contributed by atoms with Gasteiger partial charge in [-0.3, -0.25) is 0 Å². The second-order valence-electron chi connectivity index (χ2n) is 3.87. The third-order valence-corrected chi connectivity index (χ3v) is 2.59. The average Bonchev–Trinajstić information content (AvgIpc) is 2.33. The van der Waals surface area contributed by atoms with Gasteiger partial charge in [0.05, 0.1) is 6.04 Å². The fourth-order valence-electron chi connectivity index (χ4n) is 1.71. The highest BCUT2D eigenvalue weighted by molar-refractivity contribution is 5.60. The van der Waals surface area contributed by atoms with Crippen molar-refractivity contribution in [1.29, 1.82) is 0 Å². The number of hydrogen-bond acceptors (Lipinski definition) is 4. The Morgan fingerprint density at radius 2 is 1.88 bits per heavy atom. The van der Waals surface area contributed by atoms with Crippen molar-refractivity contribution in [3.05, 3.63) is 35.9 Å². The minimum absolute atomic E-state index is 0.0629. The van der Waals surface area contributed by atoms with E-state index >= 15 is 0 Å². The minimum Gasteiger partial charge on any atom is -0.432 e. The number of benzene rings is 1. The zero-order chi connectivity index (χ0) is 11.4. The second kappa shape index (κ2) is 4.99. The monoisotopic (exact) mass is 221 g/mol. The van der Waals surface area contributed by atoms with Gasteiger partial charge in [0, 0.05) is 6.04 Å². The molecule has 0 unspecified atom stereocenters. The Balaban J connectivity index is 1.88. The summed E-state index contributed by atoms with van der Waals surface area (Å²) in [6, 6.07) is 10.4. The summed E-state index contributed by atoms with van der Waals surface area (Å²) in [5.41, 5.74) is 1.21. The van der Waals surface area contributed by atoms with E-state index in [-0.39, 0.29) is 12.1 Å². The van der Waals surface area contributed by atoms with Crippen LogP contribution >= 0.6 is 0 Å². The maximum absolute atomic E-state index is 10.7. The molecule has 0 aliphatic carbocycles. The summed E-state index contributed by atoms with van der Waals surface area (Å²) in [5, 5.41) is 3.35. The lowest BCUT2D eigenvalue weighted by molar-refractivity contribution is -0.00114. The lowest BCUT2D eigenvalue weighted by atomic mass is 10.1. The van der Waals surface area contributed by atoms with Gasteiger partial charge in [-0.1, -0.05) is 30.3 Å². The van der Waals surface area contributed by atoms with E-state index in [2.05, 4.69) is 24.4 Å². The molecule has 1 aliphatic rings. The molecule has 86 valence electrons. The van der Waals surface area contributed by atoms with Gasteiger partial charge >= 0.3 is 6.16 Å². The normalized spacial score (nSPS) is 18.7. The predicted octanol–water partition coefficient (Wildman–Crippen LogP) is 1.87. The van der Waals surface area contributed by atoms with Crippen LogP contribution in [-0.4, -0.2) is 25.4 Å². The number of rotatable bonds is 3. The highest BCUT2D eigenvalue weighted by Gasteiger charge is 2.22. The Morgan fingerprint density at radius 3 is 2.50 bits per heavy atom. The molecular formula is C12H15NO3. The van der Waals surface area contributed by atoms with Gasteiger partial charge in [0.25, 0.3) is 0 Å². The molecule has 1 atom stereocenters. The summed E-state index contributed by atoms with van der Waals surface area (Å²) >= 11 is 0. The van der Waals surface area contributed by atoms with Crippen molar-refractivity contribution in [2.75, 3.05) is 13.2 Å². The van der Waals surface area contributed by atoms with Crippen LogP contribution in [0.4, 0.5) is 4.79 Å². The predicted molar refractivity (Wildman–Crippen MR) is 59.1 cm³/mol. The summed E-state index contributed by atoms with van der Waals surface area (Å²) in [6.45, 7) is 2.82. The van der Waals surface area contributed by atoms with Gasteiger partial charge < -0.3 is 14.8 Å². The standard InChI is InChI=1S/C12H15NO3/c1-9(10-5-3-2-4-6-10)13-11-7-15-12(14)16-8-11/h2-6,9,11,13H,7-8H2,1H3/t9-/m1/s1. The van der Waals surface area contributed by atoms with Gasteiger partial charge in [0.2, 0.25) is 0 Å². The average molecular weight is 221 g/mol. The van der Waals surface area contributed by atoms with Gasteiger partial charge in [0.15, 0.2) is 0 Å². The molecule has 1 heterocycles. The Labute approximate surface area is 94.6 Å². The number of carbonyl (C=O) groups excluding carboxylic acids is 1. The molecule has 1 saturated heterocycles. The van der Waals surface area contributed by atoms with Crippen molar-refractivity contribution in [2.45, 2.75) is 19.0 Å². The number of hydrogen-bond donors (Lipinski definition) is 1. The topological polar surface area (TPSA) is 47.6 Å². The molecule has 0 aromatic heterocycles. The number of carbonyl (C=O) groups is 1. The molecule has 1 N–H and O–H groups in total. The minimum atomic E-state index is -0.578. The molecule has 0 saturated carbocycles. The van der Waals surface area contributed by atoms with Crippen LogP contribution in [-0.2, 0) is 9.47 Å². The summed E-state index contributed by atoms with van der Waals surface area (Å²) in [4.78, 5) is 10.7. The van der Waals surface area contributed by atoms with E-state index in [1.54, 1.807) is 0 Å².